The van der Waals surface area contributed by atoms with Crippen LogP contribution in [0.1, 0.15) is 17.7 Å². The van der Waals surface area contributed by atoms with E-state index in [2.05, 4.69) is 16.0 Å². The van der Waals surface area contributed by atoms with Gasteiger partial charge >= 0.3 is 0 Å². The van der Waals surface area contributed by atoms with Gasteiger partial charge in [-0.15, -0.1) is 0 Å². The fraction of sp³-hybridized carbons (Fsp3) is 0.231. The third-order valence-electron chi connectivity index (χ3n) is 2.38. The van der Waals surface area contributed by atoms with Crippen molar-refractivity contribution in [2.75, 3.05) is 0 Å². The fourth-order valence-corrected chi connectivity index (χ4v) is 2.60. The average molecular weight is 245 g/mol. The van der Waals surface area contributed by atoms with Gasteiger partial charge in [0, 0.05) is 24.6 Å². The van der Waals surface area contributed by atoms with Crippen molar-refractivity contribution >= 4 is 11.8 Å². The van der Waals surface area contributed by atoms with Crippen LogP contribution in [0.15, 0.2) is 53.9 Å². The van der Waals surface area contributed by atoms with Crippen molar-refractivity contribution in [1.29, 1.82) is 0 Å². The summed E-state index contributed by atoms with van der Waals surface area (Å²) in [6, 6.07) is 9.93. The Morgan fingerprint density at radius 2 is 2.06 bits per heavy atom. The third-order valence-corrected chi connectivity index (χ3v) is 3.81. The molecule has 0 bridgehead atoms. The van der Waals surface area contributed by atoms with Gasteiger partial charge in [0.1, 0.15) is 0 Å². The summed E-state index contributed by atoms with van der Waals surface area (Å²) in [6.45, 7) is 2.01. The molecule has 4 heteroatoms. The van der Waals surface area contributed by atoms with Gasteiger partial charge in [-0.2, -0.15) is 0 Å². The highest BCUT2D eigenvalue weighted by molar-refractivity contribution is 7.99. The van der Waals surface area contributed by atoms with E-state index in [1.165, 1.54) is 0 Å². The van der Waals surface area contributed by atoms with Crippen LogP contribution < -0.4 is 5.73 Å². The Bertz CT molecular complexity index is 445. The number of pyridine rings is 2. The van der Waals surface area contributed by atoms with Gasteiger partial charge in [-0.3, -0.25) is 4.98 Å². The SMILES string of the molecule is CC(N)C(Sc1ccccn1)c1cccnc1. The van der Waals surface area contributed by atoms with Crippen LogP contribution in [0, 0.1) is 0 Å². The van der Waals surface area contributed by atoms with E-state index in [1.807, 2.05) is 37.4 Å². The van der Waals surface area contributed by atoms with Gasteiger partial charge in [0.25, 0.3) is 0 Å². The summed E-state index contributed by atoms with van der Waals surface area (Å²) in [7, 11) is 0. The Morgan fingerprint density at radius 3 is 2.65 bits per heavy atom. The van der Waals surface area contributed by atoms with E-state index in [0.29, 0.717) is 0 Å². The highest BCUT2D eigenvalue weighted by Gasteiger charge is 2.18. The molecular formula is C13H15N3S. The van der Waals surface area contributed by atoms with Gasteiger partial charge in [-0.25, -0.2) is 4.98 Å². The molecule has 0 amide bonds. The van der Waals surface area contributed by atoms with E-state index in [4.69, 9.17) is 5.73 Å². The lowest BCUT2D eigenvalue weighted by molar-refractivity contribution is 0.718. The topological polar surface area (TPSA) is 51.8 Å². The minimum Gasteiger partial charge on any atom is -0.327 e. The highest BCUT2D eigenvalue weighted by atomic mass is 32.2. The minimum atomic E-state index is 0.0474. The van der Waals surface area contributed by atoms with Crippen LogP contribution in [0.4, 0.5) is 0 Å². The Hall–Kier alpha value is -1.39. The summed E-state index contributed by atoms with van der Waals surface area (Å²) in [6.07, 6.45) is 5.43. The maximum atomic E-state index is 6.04. The summed E-state index contributed by atoms with van der Waals surface area (Å²) in [5.74, 6) is 0. The van der Waals surface area contributed by atoms with Crippen LogP contribution in [0.25, 0.3) is 0 Å². The van der Waals surface area contributed by atoms with E-state index in [-0.39, 0.29) is 11.3 Å². The summed E-state index contributed by atoms with van der Waals surface area (Å²) in [4.78, 5) is 8.45. The van der Waals surface area contributed by atoms with Crippen molar-refractivity contribution in [1.82, 2.24) is 9.97 Å². The monoisotopic (exact) mass is 245 g/mol. The first-order valence-corrected chi connectivity index (χ1v) is 6.38. The zero-order chi connectivity index (χ0) is 12.1. The molecule has 2 unspecified atom stereocenters. The van der Waals surface area contributed by atoms with E-state index in [1.54, 1.807) is 24.2 Å². The first-order valence-electron chi connectivity index (χ1n) is 5.50. The molecule has 0 aromatic carbocycles. The summed E-state index contributed by atoms with van der Waals surface area (Å²) in [5.41, 5.74) is 7.18. The third kappa shape index (κ3) is 3.28. The molecule has 0 fully saturated rings. The van der Waals surface area contributed by atoms with Gasteiger partial charge in [-0.05, 0) is 30.7 Å². The molecule has 2 heterocycles. The van der Waals surface area contributed by atoms with Crippen LogP contribution in [0.2, 0.25) is 0 Å². The number of thioether (sulfide) groups is 1. The van der Waals surface area contributed by atoms with Crippen molar-refractivity contribution in [3.8, 4) is 0 Å². The summed E-state index contributed by atoms with van der Waals surface area (Å²) >= 11 is 1.67. The van der Waals surface area contributed by atoms with E-state index in [0.717, 1.165) is 10.6 Å². The van der Waals surface area contributed by atoms with Crippen LogP contribution in [0.3, 0.4) is 0 Å². The normalized spacial score (nSPS) is 14.2. The second kappa shape index (κ2) is 5.80. The molecule has 0 saturated heterocycles. The van der Waals surface area contributed by atoms with Crippen molar-refractivity contribution in [2.24, 2.45) is 5.73 Å². The Morgan fingerprint density at radius 1 is 1.18 bits per heavy atom. The summed E-state index contributed by atoms with van der Waals surface area (Å²) in [5, 5.41) is 1.16. The second-order valence-electron chi connectivity index (χ2n) is 3.85. The molecule has 0 radical (unpaired) electrons. The predicted octanol–water partition coefficient (Wildman–Crippen LogP) is 2.66. The highest BCUT2D eigenvalue weighted by Crippen LogP contribution is 2.35. The smallest absolute Gasteiger partial charge is 0.0966 e. The van der Waals surface area contributed by atoms with Gasteiger partial charge < -0.3 is 5.73 Å². The molecule has 2 aromatic rings. The average Bonchev–Trinajstić information content (AvgIpc) is 2.38. The predicted molar refractivity (Wildman–Crippen MR) is 70.7 cm³/mol. The number of hydrogen-bond acceptors (Lipinski definition) is 4. The number of nitrogens with zero attached hydrogens (tertiary/aromatic N) is 2. The Kier molecular flexibility index (Phi) is 4.12. The molecule has 0 aliphatic carbocycles. The van der Waals surface area contributed by atoms with Gasteiger partial charge in [0.15, 0.2) is 0 Å². The van der Waals surface area contributed by atoms with E-state index < -0.39 is 0 Å². The zero-order valence-electron chi connectivity index (χ0n) is 9.65. The first-order chi connectivity index (χ1) is 8.27. The van der Waals surface area contributed by atoms with Gasteiger partial charge in [0.2, 0.25) is 0 Å². The van der Waals surface area contributed by atoms with Gasteiger partial charge in [0.05, 0.1) is 10.3 Å². The second-order valence-corrected chi connectivity index (χ2v) is 5.01. The van der Waals surface area contributed by atoms with Crippen molar-refractivity contribution < 1.29 is 0 Å². The largest absolute Gasteiger partial charge is 0.327 e. The Balaban J connectivity index is 2.20. The van der Waals surface area contributed by atoms with Crippen molar-refractivity contribution in [3.63, 3.8) is 0 Å². The number of rotatable bonds is 4. The molecule has 0 aliphatic heterocycles. The maximum absolute atomic E-state index is 6.04. The molecule has 17 heavy (non-hydrogen) atoms. The Labute approximate surface area is 105 Å². The molecule has 0 saturated carbocycles. The summed E-state index contributed by atoms with van der Waals surface area (Å²) < 4.78 is 0. The van der Waals surface area contributed by atoms with Gasteiger partial charge in [-0.1, -0.05) is 23.9 Å². The van der Waals surface area contributed by atoms with Crippen LogP contribution >= 0.6 is 11.8 Å². The molecule has 3 nitrogen and oxygen atoms in total. The standard InChI is InChI=1S/C13H15N3S/c1-10(14)13(11-5-4-7-15-9-11)17-12-6-2-3-8-16-12/h2-10,13H,14H2,1H3. The number of nitrogens with two attached hydrogens (primary N) is 1. The fourth-order valence-electron chi connectivity index (χ4n) is 1.57. The molecule has 2 aromatic heterocycles. The quantitative estimate of drug-likeness (QED) is 0.841. The maximum Gasteiger partial charge on any atom is 0.0966 e. The van der Waals surface area contributed by atoms with Crippen LogP contribution in [-0.4, -0.2) is 16.0 Å². The molecule has 2 N–H and O–H groups in total. The van der Waals surface area contributed by atoms with Crippen molar-refractivity contribution in [3.05, 3.63) is 54.5 Å². The lowest BCUT2D eigenvalue weighted by Gasteiger charge is -2.19. The van der Waals surface area contributed by atoms with Crippen LogP contribution in [-0.2, 0) is 0 Å². The minimum absolute atomic E-state index is 0.0474. The van der Waals surface area contributed by atoms with E-state index in [9.17, 15) is 0 Å². The molecule has 0 aliphatic rings. The lowest BCUT2D eigenvalue weighted by Crippen LogP contribution is -2.22. The lowest BCUT2D eigenvalue weighted by atomic mass is 10.1. The molecular weight excluding hydrogens is 230 g/mol. The zero-order valence-corrected chi connectivity index (χ0v) is 10.5. The number of aromatic nitrogens is 2. The van der Waals surface area contributed by atoms with Crippen molar-refractivity contribution in [2.45, 2.75) is 23.2 Å². The molecule has 88 valence electrons. The van der Waals surface area contributed by atoms with Crippen LogP contribution in [0.5, 0.6) is 0 Å². The first kappa shape index (κ1) is 12.1. The molecule has 2 rings (SSSR count). The van der Waals surface area contributed by atoms with E-state index >= 15 is 0 Å². The number of hydrogen-bond donors (Lipinski definition) is 1. The molecule has 0 spiro atoms. The molecule has 2 atom stereocenters.